The summed E-state index contributed by atoms with van der Waals surface area (Å²) in [6.45, 7) is 4.66. The summed E-state index contributed by atoms with van der Waals surface area (Å²) in [5.41, 5.74) is 7.33. The zero-order chi connectivity index (χ0) is 10.1. The maximum Gasteiger partial charge on any atom is 0.0897 e. The molecule has 74 valence electrons. The summed E-state index contributed by atoms with van der Waals surface area (Å²) < 4.78 is 1.84. The Labute approximate surface area is 86.4 Å². The van der Waals surface area contributed by atoms with E-state index in [0.29, 0.717) is 0 Å². The Balaban J connectivity index is 2.18. The maximum absolute atomic E-state index is 5.70. The van der Waals surface area contributed by atoms with Crippen LogP contribution in [0.4, 0.5) is 5.69 Å². The zero-order valence-corrected chi connectivity index (χ0v) is 9.01. The number of hydrogen-bond acceptors (Lipinski definition) is 4. The second-order valence-electron chi connectivity index (χ2n) is 3.21. The second-order valence-corrected chi connectivity index (χ2v) is 4.53. The highest BCUT2D eigenvalue weighted by Crippen LogP contribution is 2.14. The Morgan fingerprint density at radius 2 is 2.29 bits per heavy atom. The van der Waals surface area contributed by atoms with Crippen LogP contribution in [0.1, 0.15) is 15.6 Å². The first kappa shape index (κ1) is 9.21. The molecule has 0 aliphatic rings. The quantitative estimate of drug-likeness (QED) is 0.815. The molecule has 5 heteroatoms. The van der Waals surface area contributed by atoms with E-state index in [1.54, 1.807) is 11.3 Å². The van der Waals surface area contributed by atoms with E-state index in [2.05, 4.69) is 10.1 Å². The Morgan fingerprint density at radius 1 is 1.50 bits per heavy atom. The SMILES string of the molecule is Cc1ncc(Cn2cc(N)c(C)n2)s1. The predicted octanol–water partition coefficient (Wildman–Crippen LogP) is 1.59. The molecule has 2 rings (SSSR count). The fourth-order valence-electron chi connectivity index (χ4n) is 1.25. The van der Waals surface area contributed by atoms with Crippen LogP contribution in [0.25, 0.3) is 0 Å². The van der Waals surface area contributed by atoms with Crippen molar-refractivity contribution >= 4 is 17.0 Å². The van der Waals surface area contributed by atoms with E-state index < -0.39 is 0 Å². The Morgan fingerprint density at radius 3 is 2.79 bits per heavy atom. The molecular formula is C9H12N4S. The standard InChI is InChI=1S/C9H12N4S/c1-6-9(10)5-13(12-6)4-8-3-11-7(2)14-8/h3,5H,4,10H2,1-2H3. The van der Waals surface area contributed by atoms with Gasteiger partial charge in [0.1, 0.15) is 0 Å². The number of aryl methyl sites for hydroxylation is 2. The number of rotatable bonds is 2. The van der Waals surface area contributed by atoms with Gasteiger partial charge in [0.05, 0.1) is 22.9 Å². The van der Waals surface area contributed by atoms with E-state index in [0.717, 1.165) is 22.9 Å². The highest BCUT2D eigenvalue weighted by Gasteiger charge is 2.03. The molecule has 0 aliphatic heterocycles. The van der Waals surface area contributed by atoms with Crippen LogP contribution in [0.5, 0.6) is 0 Å². The lowest BCUT2D eigenvalue weighted by Gasteiger charge is -1.95. The van der Waals surface area contributed by atoms with Gasteiger partial charge in [-0.2, -0.15) is 5.10 Å². The van der Waals surface area contributed by atoms with E-state index in [4.69, 9.17) is 5.73 Å². The Kier molecular flexibility index (Phi) is 2.25. The van der Waals surface area contributed by atoms with E-state index in [1.165, 1.54) is 4.88 Å². The van der Waals surface area contributed by atoms with Gasteiger partial charge in [-0.3, -0.25) is 4.68 Å². The van der Waals surface area contributed by atoms with Crippen molar-refractivity contribution in [1.29, 1.82) is 0 Å². The van der Waals surface area contributed by atoms with Crippen molar-refractivity contribution in [2.75, 3.05) is 5.73 Å². The average Bonchev–Trinajstić information content (AvgIpc) is 2.62. The summed E-state index contributed by atoms with van der Waals surface area (Å²) in [5, 5.41) is 5.37. The number of thiazole rings is 1. The molecule has 0 amide bonds. The minimum absolute atomic E-state index is 0.742. The van der Waals surface area contributed by atoms with Crippen LogP contribution in [0, 0.1) is 13.8 Å². The molecule has 2 N–H and O–H groups in total. The highest BCUT2D eigenvalue weighted by atomic mass is 32.1. The monoisotopic (exact) mass is 208 g/mol. The molecule has 0 aliphatic carbocycles. The summed E-state index contributed by atoms with van der Waals surface area (Å²) >= 11 is 1.68. The number of aromatic nitrogens is 3. The molecule has 2 aromatic heterocycles. The normalized spacial score (nSPS) is 10.7. The van der Waals surface area contributed by atoms with Crippen molar-refractivity contribution in [3.05, 3.63) is 28.0 Å². The minimum atomic E-state index is 0.742. The molecule has 0 atom stereocenters. The van der Waals surface area contributed by atoms with Gasteiger partial charge in [-0.1, -0.05) is 0 Å². The van der Waals surface area contributed by atoms with Crippen molar-refractivity contribution in [2.24, 2.45) is 0 Å². The highest BCUT2D eigenvalue weighted by molar-refractivity contribution is 7.11. The van der Waals surface area contributed by atoms with Crippen molar-refractivity contribution in [3.63, 3.8) is 0 Å². The van der Waals surface area contributed by atoms with Gasteiger partial charge in [0.25, 0.3) is 0 Å². The van der Waals surface area contributed by atoms with Crippen molar-refractivity contribution in [2.45, 2.75) is 20.4 Å². The Bertz CT molecular complexity index is 424. The lowest BCUT2D eigenvalue weighted by Crippen LogP contribution is -1.98. The smallest absolute Gasteiger partial charge is 0.0897 e. The number of nitrogens with two attached hydrogens (primary N) is 1. The van der Waals surface area contributed by atoms with Crippen LogP contribution in [0.2, 0.25) is 0 Å². The van der Waals surface area contributed by atoms with Crippen LogP contribution in [-0.4, -0.2) is 14.8 Å². The first-order valence-corrected chi connectivity index (χ1v) is 5.17. The van der Waals surface area contributed by atoms with Crippen molar-refractivity contribution in [1.82, 2.24) is 14.8 Å². The molecule has 0 aromatic carbocycles. The lowest BCUT2D eigenvalue weighted by molar-refractivity contribution is 0.686. The molecule has 0 unspecified atom stereocenters. The fourth-order valence-corrected chi connectivity index (χ4v) is 2.04. The molecule has 0 spiro atoms. The van der Waals surface area contributed by atoms with Crippen LogP contribution in [0.15, 0.2) is 12.4 Å². The van der Waals surface area contributed by atoms with Gasteiger partial charge in [0, 0.05) is 17.3 Å². The fraction of sp³-hybridized carbons (Fsp3) is 0.333. The van der Waals surface area contributed by atoms with E-state index in [-0.39, 0.29) is 0 Å². The van der Waals surface area contributed by atoms with Gasteiger partial charge < -0.3 is 5.73 Å². The minimum Gasteiger partial charge on any atom is -0.396 e. The summed E-state index contributed by atoms with van der Waals surface area (Å²) in [6, 6.07) is 0. The van der Waals surface area contributed by atoms with Gasteiger partial charge in [0.15, 0.2) is 0 Å². The zero-order valence-electron chi connectivity index (χ0n) is 8.19. The van der Waals surface area contributed by atoms with Crippen LogP contribution in [0.3, 0.4) is 0 Å². The maximum atomic E-state index is 5.70. The molecule has 4 nitrogen and oxygen atoms in total. The first-order chi connectivity index (χ1) is 6.65. The van der Waals surface area contributed by atoms with E-state index >= 15 is 0 Å². The topological polar surface area (TPSA) is 56.7 Å². The number of anilines is 1. The predicted molar refractivity (Wildman–Crippen MR) is 57.3 cm³/mol. The third kappa shape index (κ3) is 1.77. The molecule has 0 saturated carbocycles. The Hall–Kier alpha value is -1.36. The van der Waals surface area contributed by atoms with Crippen LogP contribution >= 0.6 is 11.3 Å². The van der Waals surface area contributed by atoms with Gasteiger partial charge in [-0.15, -0.1) is 11.3 Å². The van der Waals surface area contributed by atoms with E-state index in [1.807, 2.05) is 30.9 Å². The second kappa shape index (κ2) is 3.42. The molecule has 2 heterocycles. The van der Waals surface area contributed by atoms with Crippen LogP contribution in [-0.2, 0) is 6.54 Å². The summed E-state index contributed by atoms with van der Waals surface area (Å²) in [6.07, 6.45) is 3.73. The van der Waals surface area contributed by atoms with Crippen LogP contribution < -0.4 is 5.73 Å². The summed E-state index contributed by atoms with van der Waals surface area (Å²) in [5.74, 6) is 0. The average molecular weight is 208 g/mol. The number of nitrogen functional groups attached to an aromatic ring is 1. The van der Waals surface area contributed by atoms with Gasteiger partial charge in [0.2, 0.25) is 0 Å². The van der Waals surface area contributed by atoms with Gasteiger partial charge in [-0.25, -0.2) is 4.98 Å². The molecule has 0 bridgehead atoms. The first-order valence-electron chi connectivity index (χ1n) is 4.36. The van der Waals surface area contributed by atoms with Gasteiger partial charge in [-0.05, 0) is 13.8 Å². The number of hydrogen-bond donors (Lipinski definition) is 1. The molecule has 0 fully saturated rings. The molecular weight excluding hydrogens is 196 g/mol. The largest absolute Gasteiger partial charge is 0.396 e. The summed E-state index contributed by atoms with van der Waals surface area (Å²) in [4.78, 5) is 5.39. The molecule has 2 aromatic rings. The van der Waals surface area contributed by atoms with Crippen molar-refractivity contribution in [3.8, 4) is 0 Å². The molecule has 0 saturated heterocycles. The molecule has 14 heavy (non-hydrogen) atoms. The third-order valence-electron chi connectivity index (χ3n) is 1.97. The third-order valence-corrected chi connectivity index (χ3v) is 2.87. The summed E-state index contributed by atoms with van der Waals surface area (Å²) in [7, 11) is 0. The number of nitrogens with zero attached hydrogens (tertiary/aromatic N) is 3. The van der Waals surface area contributed by atoms with Crippen molar-refractivity contribution < 1.29 is 0 Å². The molecule has 0 radical (unpaired) electrons. The lowest BCUT2D eigenvalue weighted by atomic mass is 10.4. The van der Waals surface area contributed by atoms with E-state index in [9.17, 15) is 0 Å². The van der Waals surface area contributed by atoms with Gasteiger partial charge >= 0.3 is 0 Å².